The maximum absolute atomic E-state index is 4.33. The first-order chi connectivity index (χ1) is 9.43. The summed E-state index contributed by atoms with van der Waals surface area (Å²) < 4.78 is 5.04. The number of aromatic amines is 2. The molecule has 4 rings (SSSR count). The van der Waals surface area contributed by atoms with Crippen LogP contribution < -0.4 is 0 Å². The summed E-state index contributed by atoms with van der Waals surface area (Å²) in [5.74, 6) is 1.56. The Morgan fingerprint density at radius 3 is 2.47 bits per heavy atom. The van der Waals surface area contributed by atoms with E-state index in [1.54, 1.807) is 24.8 Å². The molecular weight excluding hydrogens is 260 g/mol. The molecule has 3 aromatic heterocycles. The van der Waals surface area contributed by atoms with Gasteiger partial charge in [-0.1, -0.05) is 4.49 Å². The highest BCUT2D eigenvalue weighted by Gasteiger charge is 2.17. The van der Waals surface area contributed by atoms with Gasteiger partial charge in [-0.15, -0.1) is 5.10 Å². The van der Waals surface area contributed by atoms with E-state index < -0.39 is 0 Å². The number of rotatable bonds is 2. The fourth-order valence-corrected chi connectivity index (χ4v) is 2.67. The number of fused-ring (bicyclic) bond motifs is 1. The van der Waals surface area contributed by atoms with Gasteiger partial charge < -0.3 is 9.97 Å². The van der Waals surface area contributed by atoms with Gasteiger partial charge in [0.2, 0.25) is 0 Å². The lowest BCUT2D eigenvalue weighted by molar-refractivity contribution is 1.19. The van der Waals surface area contributed by atoms with Gasteiger partial charge in [0.1, 0.15) is 17.2 Å². The molecule has 0 aliphatic heterocycles. The van der Waals surface area contributed by atoms with Gasteiger partial charge in [-0.3, -0.25) is 0 Å². The average molecular weight is 268 g/mol. The van der Waals surface area contributed by atoms with Crippen molar-refractivity contribution in [2.24, 2.45) is 0 Å². The van der Waals surface area contributed by atoms with Crippen LogP contribution >= 0.6 is 11.5 Å². The van der Waals surface area contributed by atoms with Crippen LogP contribution in [0.1, 0.15) is 0 Å². The van der Waals surface area contributed by atoms with E-state index in [2.05, 4.69) is 29.5 Å². The zero-order chi connectivity index (χ0) is 12.7. The smallest absolute Gasteiger partial charge is 0.140 e. The van der Waals surface area contributed by atoms with Crippen molar-refractivity contribution in [3.05, 3.63) is 36.9 Å². The van der Waals surface area contributed by atoms with Gasteiger partial charge >= 0.3 is 0 Å². The predicted molar refractivity (Wildman–Crippen MR) is 72.6 cm³/mol. The average Bonchev–Trinajstić information content (AvgIpc) is 3.18. The molecule has 1 aromatic carbocycles. The zero-order valence-electron chi connectivity index (χ0n) is 9.66. The van der Waals surface area contributed by atoms with Gasteiger partial charge in [-0.25, -0.2) is 9.97 Å². The van der Waals surface area contributed by atoms with Crippen molar-refractivity contribution in [3.8, 4) is 22.8 Å². The maximum atomic E-state index is 4.33. The highest BCUT2D eigenvalue weighted by molar-refractivity contribution is 7.13. The molecule has 19 heavy (non-hydrogen) atoms. The second-order valence-electron chi connectivity index (χ2n) is 3.98. The number of aromatic nitrogens is 6. The molecule has 0 saturated heterocycles. The molecule has 6 nitrogen and oxygen atoms in total. The summed E-state index contributed by atoms with van der Waals surface area (Å²) >= 11 is 1.37. The Bertz CT molecular complexity index is 815. The van der Waals surface area contributed by atoms with Gasteiger partial charge in [0.15, 0.2) is 0 Å². The number of H-pyrrole nitrogens is 2. The highest BCUT2D eigenvalue weighted by Crippen LogP contribution is 2.34. The number of imidazole rings is 2. The molecule has 0 atom stereocenters. The number of hydrogen-bond donors (Lipinski definition) is 2. The van der Waals surface area contributed by atoms with E-state index in [1.165, 1.54) is 11.5 Å². The maximum Gasteiger partial charge on any atom is 0.140 e. The minimum absolute atomic E-state index is 0.768. The summed E-state index contributed by atoms with van der Waals surface area (Å²) in [6, 6.07) is 4.02. The van der Waals surface area contributed by atoms with Crippen LogP contribution in [0.4, 0.5) is 0 Å². The van der Waals surface area contributed by atoms with Crippen molar-refractivity contribution in [3.63, 3.8) is 0 Å². The Hall–Kier alpha value is -2.54. The summed E-state index contributed by atoms with van der Waals surface area (Å²) in [6.45, 7) is 0. The standard InChI is InChI=1S/C12H8N6S/c1-2-8-10(17-18-19-8)9(12-15-5-6-16-12)7(1)11-13-3-4-14-11/h1-6H,(H,13,14)(H,15,16). The SMILES string of the molecule is c1c[nH]c(-c2ccc3snnc3c2-c2ncc[nH]2)n1. The van der Waals surface area contributed by atoms with Crippen molar-refractivity contribution in [1.82, 2.24) is 29.5 Å². The van der Waals surface area contributed by atoms with Gasteiger partial charge in [0.05, 0.1) is 10.3 Å². The molecule has 0 radical (unpaired) electrons. The summed E-state index contributed by atoms with van der Waals surface area (Å²) in [6.07, 6.45) is 7.04. The first-order valence-corrected chi connectivity index (χ1v) is 6.45. The van der Waals surface area contributed by atoms with Crippen molar-refractivity contribution in [2.75, 3.05) is 0 Å². The van der Waals surface area contributed by atoms with E-state index in [-0.39, 0.29) is 0 Å². The molecular formula is C12H8N6S. The summed E-state index contributed by atoms with van der Waals surface area (Å²) in [5.41, 5.74) is 2.72. The fraction of sp³-hybridized carbons (Fsp3) is 0. The lowest BCUT2D eigenvalue weighted by Crippen LogP contribution is -1.90. The summed E-state index contributed by atoms with van der Waals surface area (Å²) in [5, 5.41) is 4.21. The lowest BCUT2D eigenvalue weighted by Gasteiger charge is -2.05. The van der Waals surface area contributed by atoms with Crippen molar-refractivity contribution in [1.29, 1.82) is 0 Å². The third-order valence-corrected chi connectivity index (χ3v) is 3.60. The molecule has 2 N–H and O–H groups in total. The van der Waals surface area contributed by atoms with Crippen LogP contribution in [-0.4, -0.2) is 29.5 Å². The van der Waals surface area contributed by atoms with E-state index in [0.717, 1.165) is 33.0 Å². The van der Waals surface area contributed by atoms with E-state index >= 15 is 0 Å². The van der Waals surface area contributed by atoms with E-state index in [9.17, 15) is 0 Å². The number of nitrogens with one attached hydrogen (secondary N) is 2. The lowest BCUT2D eigenvalue weighted by atomic mass is 10.1. The molecule has 0 aliphatic carbocycles. The van der Waals surface area contributed by atoms with Crippen LogP contribution in [0.15, 0.2) is 36.9 Å². The quantitative estimate of drug-likeness (QED) is 0.585. The van der Waals surface area contributed by atoms with Gasteiger partial charge in [0, 0.05) is 30.4 Å². The first-order valence-electron chi connectivity index (χ1n) is 5.68. The van der Waals surface area contributed by atoms with E-state index in [1.807, 2.05) is 12.1 Å². The molecule has 4 aromatic rings. The Labute approximate surface area is 111 Å². The molecule has 0 spiro atoms. The molecule has 0 saturated carbocycles. The minimum atomic E-state index is 0.768. The molecule has 0 fully saturated rings. The molecule has 3 heterocycles. The van der Waals surface area contributed by atoms with Crippen LogP contribution in [0, 0.1) is 0 Å². The van der Waals surface area contributed by atoms with E-state index in [0.29, 0.717) is 0 Å². The van der Waals surface area contributed by atoms with Gasteiger partial charge in [0.25, 0.3) is 0 Å². The van der Waals surface area contributed by atoms with Crippen molar-refractivity contribution >= 4 is 21.7 Å². The Morgan fingerprint density at radius 2 is 1.74 bits per heavy atom. The van der Waals surface area contributed by atoms with Crippen molar-refractivity contribution < 1.29 is 0 Å². The molecule has 7 heteroatoms. The molecule has 0 amide bonds. The predicted octanol–water partition coefficient (Wildman–Crippen LogP) is 2.47. The second-order valence-corrected chi connectivity index (χ2v) is 4.77. The number of hydrogen-bond acceptors (Lipinski definition) is 5. The first kappa shape index (κ1) is 10.4. The molecule has 0 aliphatic rings. The third kappa shape index (κ3) is 1.55. The van der Waals surface area contributed by atoms with Crippen molar-refractivity contribution in [2.45, 2.75) is 0 Å². The summed E-state index contributed by atoms with van der Waals surface area (Å²) in [4.78, 5) is 14.9. The van der Waals surface area contributed by atoms with Crippen LogP contribution in [0.3, 0.4) is 0 Å². The molecule has 0 bridgehead atoms. The van der Waals surface area contributed by atoms with Gasteiger partial charge in [-0.05, 0) is 23.7 Å². The zero-order valence-corrected chi connectivity index (χ0v) is 10.5. The molecule has 92 valence electrons. The number of nitrogens with zero attached hydrogens (tertiary/aromatic N) is 4. The van der Waals surface area contributed by atoms with Crippen LogP contribution in [0.5, 0.6) is 0 Å². The second kappa shape index (κ2) is 3.99. The topological polar surface area (TPSA) is 83.1 Å². The van der Waals surface area contributed by atoms with Crippen LogP contribution in [0.25, 0.3) is 33.0 Å². The van der Waals surface area contributed by atoms with Crippen LogP contribution in [0.2, 0.25) is 0 Å². The summed E-state index contributed by atoms with van der Waals surface area (Å²) in [7, 11) is 0. The Kier molecular flexibility index (Phi) is 2.18. The fourth-order valence-electron chi connectivity index (χ4n) is 2.10. The molecule has 0 unspecified atom stereocenters. The van der Waals surface area contributed by atoms with Crippen LogP contribution in [-0.2, 0) is 0 Å². The third-order valence-electron chi connectivity index (χ3n) is 2.91. The Balaban J connectivity index is 2.11. The minimum Gasteiger partial charge on any atom is -0.345 e. The monoisotopic (exact) mass is 268 g/mol. The van der Waals surface area contributed by atoms with Gasteiger partial charge in [-0.2, -0.15) is 0 Å². The Morgan fingerprint density at radius 1 is 0.947 bits per heavy atom. The normalized spacial score (nSPS) is 11.2. The largest absolute Gasteiger partial charge is 0.345 e. The van der Waals surface area contributed by atoms with E-state index in [4.69, 9.17) is 0 Å². The number of benzene rings is 1. The highest BCUT2D eigenvalue weighted by atomic mass is 32.1.